The molecule has 3 rings (SSSR count). The molecule has 0 amide bonds. The highest BCUT2D eigenvalue weighted by molar-refractivity contribution is 5.44. The van der Waals surface area contributed by atoms with Crippen LogP contribution in [-0.2, 0) is 0 Å². The number of aryl methyl sites for hydroxylation is 1. The molecule has 5 nitrogen and oxygen atoms in total. The van der Waals surface area contributed by atoms with Crippen molar-refractivity contribution < 1.29 is 0 Å². The van der Waals surface area contributed by atoms with Gasteiger partial charge in [0.25, 0.3) is 0 Å². The molecule has 96 valence electrons. The maximum atomic E-state index is 4.44. The van der Waals surface area contributed by atoms with Crippen molar-refractivity contribution in [3.05, 3.63) is 23.9 Å². The second-order valence-electron chi connectivity index (χ2n) is 4.95. The summed E-state index contributed by atoms with van der Waals surface area (Å²) in [6, 6.07) is 4.71. The summed E-state index contributed by atoms with van der Waals surface area (Å²) in [4.78, 5) is 4.44. The molecular formula is C13H19N5. The zero-order valence-electron chi connectivity index (χ0n) is 10.7. The van der Waals surface area contributed by atoms with E-state index < -0.39 is 0 Å². The molecule has 1 saturated heterocycles. The highest BCUT2D eigenvalue weighted by Gasteiger charge is 2.13. The van der Waals surface area contributed by atoms with Crippen molar-refractivity contribution in [2.75, 3.05) is 18.4 Å². The number of fused-ring (bicyclic) bond motifs is 1. The van der Waals surface area contributed by atoms with E-state index in [0.717, 1.165) is 31.1 Å². The van der Waals surface area contributed by atoms with Crippen molar-refractivity contribution in [1.82, 2.24) is 19.9 Å². The Bertz CT molecular complexity index is 527. The van der Waals surface area contributed by atoms with E-state index in [2.05, 4.69) is 33.7 Å². The Kier molecular flexibility index (Phi) is 3.15. The minimum absolute atomic E-state index is 0.664. The maximum absolute atomic E-state index is 4.44. The Hall–Kier alpha value is -1.62. The molecule has 1 aliphatic heterocycles. The lowest BCUT2D eigenvalue weighted by atomic mass is 10.2. The number of nitrogens with one attached hydrogen (secondary N) is 2. The predicted molar refractivity (Wildman–Crippen MR) is 71.9 cm³/mol. The lowest BCUT2D eigenvalue weighted by Gasteiger charge is -2.09. The van der Waals surface area contributed by atoms with Gasteiger partial charge < -0.3 is 10.6 Å². The summed E-state index contributed by atoms with van der Waals surface area (Å²) in [5.74, 6) is 0.721. The van der Waals surface area contributed by atoms with Gasteiger partial charge in [0.05, 0.1) is 0 Å². The molecule has 0 aromatic carbocycles. The van der Waals surface area contributed by atoms with Gasteiger partial charge in [-0.2, -0.15) is 4.98 Å². The predicted octanol–water partition coefficient (Wildman–Crippen LogP) is 1.59. The lowest BCUT2D eigenvalue weighted by Crippen LogP contribution is -2.24. The van der Waals surface area contributed by atoms with Crippen LogP contribution in [0.15, 0.2) is 18.3 Å². The number of aromatic nitrogens is 3. The van der Waals surface area contributed by atoms with Gasteiger partial charge in [-0.25, -0.2) is 4.52 Å². The molecule has 1 aliphatic rings. The van der Waals surface area contributed by atoms with Crippen LogP contribution in [0.4, 0.5) is 5.95 Å². The van der Waals surface area contributed by atoms with Crippen LogP contribution in [0.2, 0.25) is 0 Å². The van der Waals surface area contributed by atoms with Crippen molar-refractivity contribution in [1.29, 1.82) is 0 Å². The highest BCUT2D eigenvalue weighted by Crippen LogP contribution is 2.10. The van der Waals surface area contributed by atoms with Crippen LogP contribution in [0, 0.1) is 6.92 Å². The van der Waals surface area contributed by atoms with Crippen LogP contribution in [0.3, 0.4) is 0 Å². The second kappa shape index (κ2) is 4.94. The van der Waals surface area contributed by atoms with Gasteiger partial charge in [0, 0.05) is 18.8 Å². The first-order valence-corrected chi connectivity index (χ1v) is 6.61. The van der Waals surface area contributed by atoms with Crippen LogP contribution < -0.4 is 10.6 Å². The zero-order valence-corrected chi connectivity index (χ0v) is 10.7. The van der Waals surface area contributed by atoms with Gasteiger partial charge in [-0.15, -0.1) is 5.10 Å². The molecular weight excluding hydrogens is 226 g/mol. The molecule has 0 aliphatic carbocycles. The Morgan fingerprint density at radius 2 is 2.44 bits per heavy atom. The van der Waals surface area contributed by atoms with Crippen LogP contribution in [0.25, 0.3) is 5.65 Å². The third-order valence-electron chi connectivity index (χ3n) is 3.42. The topological polar surface area (TPSA) is 54.2 Å². The Morgan fingerprint density at radius 3 is 3.28 bits per heavy atom. The second-order valence-corrected chi connectivity index (χ2v) is 4.95. The molecule has 2 N–H and O–H groups in total. The van der Waals surface area contributed by atoms with Crippen LogP contribution in [0.5, 0.6) is 0 Å². The maximum Gasteiger partial charge on any atom is 0.243 e. The zero-order chi connectivity index (χ0) is 12.4. The smallest absolute Gasteiger partial charge is 0.243 e. The molecule has 0 spiro atoms. The summed E-state index contributed by atoms with van der Waals surface area (Å²) in [6.07, 6.45) is 5.72. The highest BCUT2D eigenvalue weighted by atomic mass is 15.3. The van der Waals surface area contributed by atoms with E-state index in [-0.39, 0.29) is 0 Å². The molecule has 1 unspecified atom stereocenters. The van der Waals surface area contributed by atoms with Crippen LogP contribution in [0.1, 0.15) is 24.8 Å². The van der Waals surface area contributed by atoms with Gasteiger partial charge >= 0.3 is 0 Å². The number of anilines is 1. The van der Waals surface area contributed by atoms with Crippen molar-refractivity contribution in [2.24, 2.45) is 0 Å². The Labute approximate surface area is 107 Å². The normalized spacial score (nSPS) is 19.5. The molecule has 2 aromatic rings. The van der Waals surface area contributed by atoms with Gasteiger partial charge in [-0.3, -0.25) is 0 Å². The van der Waals surface area contributed by atoms with Crippen LogP contribution in [-0.4, -0.2) is 33.7 Å². The monoisotopic (exact) mass is 245 g/mol. The summed E-state index contributed by atoms with van der Waals surface area (Å²) in [7, 11) is 0. The SMILES string of the molecule is Cc1ccc2nc(NCCC3CCCN3)nn2c1. The average molecular weight is 245 g/mol. The van der Waals surface area contributed by atoms with E-state index in [4.69, 9.17) is 0 Å². The molecule has 5 heteroatoms. The quantitative estimate of drug-likeness (QED) is 0.859. The van der Waals surface area contributed by atoms with Gasteiger partial charge in [0.2, 0.25) is 5.95 Å². The summed E-state index contributed by atoms with van der Waals surface area (Å²) < 4.78 is 1.82. The van der Waals surface area contributed by atoms with Crippen molar-refractivity contribution in [3.8, 4) is 0 Å². The molecule has 0 radical (unpaired) electrons. The fraction of sp³-hybridized carbons (Fsp3) is 0.538. The standard InChI is InChI=1S/C13H19N5/c1-10-4-5-12-16-13(17-18(12)9-10)15-8-6-11-3-2-7-14-11/h4-5,9,11,14H,2-3,6-8H2,1H3,(H,15,17). The molecule has 1 atom stereocenters. The fourth-order valence-corrected chi connectivity index (χ4v) is 2.42. The van der Waals surface area contributed by atoms with Gasteiger partial charge in [0.1, 0.15) is 0 Å². The molecule has 1 fully saturated rings. The summed E-state index contributed by atoms with van der Waals surface area (Å²) in [5.41, 5.74) is 2.08. The largest absolute Gasteiger partial charge is 0.353 e. The molecule has 2 aromatic heterocycles. The first-order chi connectivity index (χ1) is 8.81. The summed E-state index contributed by atoms with van der Waals surface area (Å²) in [5, 5.41) is 11.2. The fourth-order valence-electron chi connectivity index (χ4n) is 2.42. The van der Waals surface area contributed by atoms with Gasteiger partial charge in [-0.05, 0) is 44.4 Å². The van der Waals surface area contributed by atoms with E-state index in [1.165, 1.54) is 18.4 Å². The van der Waals surface area contributed by atoms with Gasteiger partial charge in [0.15, 0.2) is 5.65 Å². The van der Waals surface area contributed by atoms with Gasteiger partial charge in [-0.1, -0.05) is 6.07 Å². The Morgan fingerprint density at radius 1 is 1.50 bits per heavy atom. The van der Waals surface area contributed by atoms with E-state index in [9.17, 15) is 0 Å². The molecule has 3 heterocycles. The third kappa shape index (κ3) is 2.46. The van der Waals surface area contributed by atoms with Crippen molar-refractivity contribution in [2.45, 2.75) is 32.2 Å². The van der Waals surface area contributed by atoms with E-state index >= 15 is 0 Å². The van der Waals surface area contributed by atoms with Crippen molar-refractivity contribution >= 4 is 11.6 Å². The first-order valence-electron chi connectivity index (χ1n) is 6.61. The average Bonchev–Trinajstić information content (AvgIpc) is 2.97. The lowest BCUT2D eigenvalue weighted by molar-refractivity contribution is 0.573. The first kappa shape index (κ1) is 11.5. The third-order valence-corrected chi connectivity index (χ3v) is 3.42. The minimum Gasteiger partial charge on any atom is -0.353 e. The molecule has 0 saturated carbocycles. The number of pyridine rings is 1. The summed E-state index contributed by atoms with van der Waals surface area (Å²) in [6.45, 7) is 4.14. The van der Waals surface area contributed by atoms with E-state index in [1.54, 1.807) is 0 Å². The number of rotatable bonds is 4. The molecule has 18 heavy (non-hydrogen) atoms. The van der Waals surface area contributed by atoms with E-state index in [1.807, 2.05) is 16.8 Å². The van der Waals surface area contributed by atoms with Crippen molar-refractivity contribution in [3.63, 3.8) is 0 Å². The minimum atomic E-state index is 0.664. The van der Waals surface area contributed by atoms with Crippen LogP contribution >= 0.6 is 0 Å². The number of hydrogen-bond acceptors (Lipinski definition) is 4. The Balaban J connectivity index is 1.60. The summed E-state index contributed by atoms with van der Waals surface area (Å²) >= 11 is 0. The number of nitrogens with zero attached hydrogens (tertiary/aromatic N) is 3. The number of hydrogen-bond donors (Lipinski definition) is 2. The molecule has 0 bridgehead atoms. The van der Waals surface area contributed by atoms with E-state index in [0.29, 0.717) is 6.04 Å².